The number of likely N-dealkylation sites (tertiary alicyclic amines) is 1. The van der Waals surface area contributed by atoms with Gasteiger partial charge in [0.05, 0.1) is 12.6 Å². The first-order valence-electron chi connectivity index (χ1n) is 7.88. The molecular weight excluding hydrogens is 296 g/mol. The Labute approximate surface area is 136 Å². The normalized spacial score (nSPS) is 18.0. The highest BCUT2D eigenvalue weighted by atomic mass is 16.6. The number of Topliss-reactive ketones (excluding diaryl/α,β-unsaturated/α-hetero) is 1. The van der Waals surface area contributed by atoms with Gasteiger partial charge < -0.3 is 14.4 Å². The van der Waals surface area contributed by atoms with E-state index in [2.05, 4.69) is 4.98 Å². The average Bonchev–Trinajstić information content (AvgIpc) is 2.95. The first-order valence-corrected chi connectivity index (χ1v) is 7.88. The number of hydrogen-bond donors (Lipinski definition) is 0. The number of ketones is 1. The van der Waals surface area contributed by atoms with Gasteiger partial charge in [-0.2, -0.15) is 0 Å². The second kappa shape index (κ2) is 7.55. The Bertz CT molecular complexity index is 539. The van der Waals surface area contributed by atoms with Crippen molar-refractivity contribution in [3.8, 4) is 0 Å². The van der Waals surface area contributed by atoms with Gasteiger partial charge >= 0.3 is 6.09 Å². The van der Waals surface area contributed by atoms with Crippen molar-refractivity contribution in [3.63, 3.8) is 0 Å². The van der Waals surface area contributed by atoms with Gasteiger partial charge in [-0.05, 0) is 45.7 Å². The van der Waals surface area contributed by atoms with Crippen LogP contribution in [0.5, 0.6) is 0 Å². The molecule has 1 saturated heterocycles. The van der Waals surface area contributed by atoms with E-state index in [9.17, 15) is 9.59 Å². The molecule has 1 aromatic heterocycles. The molecule has 0 saturated carbocycles. The molecule has 6 heteroatoms. The Morgan fingerprint density at radius 2 is 2.13 bits per heavy atom. The number of amides is 1. The van der Waals surface area contributed by atoms with Gasteiger partial charge in [-0.1, -0.05) is 6.07 Å². The summed E-state index contributed by atoms with van der Waals surface area (Å²) in [4.78, 5) is 29.8. The molecule has 2 rings (SSSR count). The summed E-state index contributed by atoms with van der Waals surface area (Å²) in [5.74, 6) is -0.160. The summed E-state index contributed by atoms with van der Waals surface area (Å²) in [6.07, 6.45) is 3.03. The first kappa shape index (κ1) is 17.4. The van der Waals surface area contributed by atoms with E-state index in [0.29, 0.717) is 18.8 Å². The summed E-state index contributed by atoms with van der Waals surface area (Å²) in [7, 11) is 0. The molecule has 0 spiro atoms. The predicted molar refractivity (Wildman–Crippen MR) is 85.3 cm³/mol. The molecule has 1 aromatic rings. The number of aromatic nitrogens is 1. The van der Waals surface area contributed by atoms with Gasteiger partial charge in [0.2, 0.25) is 5.78 Å². The van der Waals surface area contributed by atoms with Crippen molar-refractivity contribution in [3.05, 3.63) is 30.1 Å². The fraction of sp³-hybridized carbons (Fsp3) is 0.588. The third kappa shape index (κ3) is 5.32. The molecule has 0 N–H and O–H groups in total. The zero-order chi connectivity index (χ0) is 16.9. The van der Waals surface area contributed by atoms with Crippen LogP contribution in [0.2, 0.25) is 0 Å². The first-order chi connectivity index (χ1) is 10.9. The van der Waals surface area contributed by atoms with Crippen LogP contribution in [0.25, 0.3) is 0 Å². The van der Waals surface area contributed by atoms with Crippen LogP contribution in [0.15, 0.2) is 24.4 Å². The Hall–Kier alpha value is -1.95. The summed E-state index contributed by atoms with van der Waals surface area (Å²) >= 11 is 0. The lowest BCUT2D eigenvalue weighted by Crippen LogP contribution is -2.41. The second-order valence-corrected chi connectivity index (χ2v) is 6.62. The van der Waals surface area contributed by atoms with Crippen molar-refractivity contribution < 1.29 is 19.1 Å². The summed E-state index contributed by atoms with van der Waals surface area (Å²) in [6.45, 7) is 6.50. The van der Waals surface area contributed by atoms with Gasteiger partial charge in [-0.25, -0.2) is 4.79 Å². The van der Waals surface area contributed by atoms with E-state index in [-0.39, 0.29) is 24.5 Å². The van der Waals surface area contributed by atoms with Crippen LogP contribution in [0.1, 0.15) is 44.1 Å². The van der Waals surface area contributed by atoms with Crippen molar-refractivity contribution in [2.75, 3.05) is 19.8 Å². The molecule has 1 atom stereocenters. The number of carbonyl (C=O) groups is 2. The molecule has 2 heterocycles. The van der Waals surface area contributed by atoms with Crippen LogP contribution in [0.3, 0.4) is 0 Å². The van der Waals surface area contributed by atoms with Crippen LogP contribution in [0, 0.1) is 0 Å². The Morgan fingerprint density at radius 1 is 1.35 bits per heavy atom. The Kier molecular flexibility index (Phi) is 5.71. The Morgan fingerprint density at radius 3 is 2.78 bits per heavy atom. The number of carbonyl (C=O) groups excluding carboxylic acids is 2. The molecule has 0 radical (unpaired) electrons. The molecule has 0 bridgehead atoms. The summed E-state index contributed by atoms with van der Waals surface area (Å²) < 4.78 is 10.9. The zero-order valence-electron chi connectivity index (χ0n) is 13.9. The lowest BCUT2D eigenvalue weighted by molar-refractivity contribution is 0.0115. The molecular formula is C17H24N2O4. The van der Waals surface area contributed by atoms with Crippen LogP contribution < -0.4 is 0 Å². The maximum atomic E-state index is 12.2. The van der Waals surface area contributed by atoms with Gasteiger partial charge in [0.1, 0.15) is 17.9 Å². The molecule has 1 aliphatic rings. The molecule has 0 aromatic carbocycles. The van der Waals surface area contributed by atoms with Crippen LogP contribution in [-0.4, -0.2) is 53.2 Å². The molecule has 23 heavy (non-hydrogen) atoms. The minimum absolute atomic E-state index is 0.0321. The summed E-state index contributed by atoms with van der Waals surface area (Å²) in [6, 6.07) is 5.14. The van der Waals surface area contributed by atoms with Gasteiger partial charge in [0, 0.05) is 12.7 Å². The highest BCUT2D eigenvalue weighted by Gasteiger charge is 2.32. The van der Waals surface area contributed by atoms with E-state index in [4.69, 9.17) is 9.47 Å². The lowest BCUT2D eigenvalue weighted by atomic mass is 10.2. The van der Waals surface area contributed by atoms with E-state index in [0.717, 1.165) is 12.8 Å². The Balaban J connectivity index is 1.80. The number of ether oxygens (including phenoxy) is 2. The lowest BCUT2D eigenvalue weighted by Gasteiger charge is -2.28. The third-order valence-electron chi connectivity index (χ3n) is 3.50. The highest BCUT2D eigenvalue weighted by molar-refractivity contribution is 5.95. The molecule has 1 amide bonds. The molecule has 6 nitrogen and oxygen atoms in total. The fourth-order valence-corrected chi connectivity index (χ4v) is 2.46. The van der Waals surface area contributed by atoms with E-state index in [1.807, 2.05) is 20.8 Å². The SMILES string of the molecule is CC(C)(C)OC(=O)N1CCCC1COCC(=O)c1ccccn1. The third-order valence-corrected chi connectivity index (χ3v) is 3.50. The minimum atomic E-state index is -0.514. The van der Waals surface area contributed by atoms with E-state index in [1.165, 1.54) is 0 Å². The van der Waals surface area contributed by atoms with Crippen molar-refractivity contribution >= 4 is 11.9 Å². The van der Waals surface area contributed by atoms with Gasteiger partial charge in [0.15, 0.2) is 0 Å². The fourth-order valence-electron chi connectivity index (χ4n) is 2.46. The summed E-state index contributed by atoms with van der Waals surface area (Å²) in [5.41, 5.74) is -0.122. The minimum Gasteiger partial charge on any atom is -0.444 e. The highest BCUT2D eigenvalue weighted by Crippen LogP contribution is 2.21. The number of pyridine rings is 1. The standard InChI is InChI=1S/C17H24N2O4/c1-17(2,3)23-16(21)19-10-6-7-13(19)11-22-12-15(20)14-8-4-5-9-18-14/h4-5,8-9,13H,6-7,10-12H2,1-3H3. The topological polar surface area (TPSA) is 68.7 Å². The molecule has 126 valence electrons. The quantitative estimate of drug-likeness (QED) is 0.780. The van der Waals surface area contributed by atoms with E-state index < -0.39 is 5.60 Å². The van der Waals surface area contributed by atoms with E-state index in [1.54, 1.807) is 29.3 Å². The zero-order valence-corrected chi connectivity index (χ0v) is 13.9. The van der Waals surface area contributed by atoms with Crippen molar-refractivity contribution in [1.29, 1.82) is 0 Å². The van der Waals surface area contributed by atoms with Crippen molar-refractivity contribution in [2.24, 2.45) is 0 Å². The van der Waals surface area contributed by atoms with Crippen LogP contribution in [-0.2, 0) is 9.47 Å². The number of nitrogens with zero attached hydrogens (tertiary/aromatic N) is 2. The van der Waals surface area contributed by atoms with Gasteiger partial charge in [-0.3, -0.25) is 9.78 Å². The molecule has 1 aliphatic heterocycles. The average molecular weight is 320 g/mol. The van der Waals surface area contributed by atoms with Crippen LogP contribution >= 0.6 is 0 Å². The largest absolute Gasteiger partial charge is 0.444 e. The van der Waals surface area contributed by atoms with E-state index >= 15 is 0 Å². The van der Waals surface area contributed by atoms with Crippen molar-refractivity contribution in [2.45, 2.75) is 45.3 Å². The predicted octanol–water partition coefficient (Wildman–Crippen LogP) is 2.68. The smallest absolute Gasteiger partial charge is 0.410 e. The molecule has 1 fully saturated rings. The monoisotopic (exact) mass is 320 g/mol. The van der Waals surface area contributed by atoms with Crippen molar-refractivity contribution in [1.82, 2.24) is 9.88 Å². The number of hydrogen-bond acceptors (Lipinski definition) is 5. The maximum absolute atomic E-state index is 12.2. The van der Waals surface area contributed by atoms with Gasteiger partial charge in [0.25, 0.3) is 0 Å². The van der Waals surface area contributed by atoms with Gasteiger partial charge in [-0.15, -0.1) is 0 Å². The maximum Gasteiger partial charge on any atom is 0.410 e. The van der Waals surface area contributed by atoms with Crippen LogP contribution in [0.4, 0.5) is 4.79 Å². The molecule has 0 aliphatic carbocycles. The number of rotatable bonds is 5. The molecule has 1 unspecified atom stereocenters. The summed E-state index contributed by atoms with van der Waals surface area (Å²) in [5, 5.41) is 0. The second-order valence-electron chi connectivity index (χ2n) is 6.62.